The van der Waals surface area contributed by atoms with E-state index >= 15 is 0 Å². The SMILES string of the molecule is CCN(CC)c1ccc2c(-c3ccc(S(=O)(=O)[O-])cc3S(=O)(=O)[O-])c3ccc(=[N+](CC)CC)cc-3oc2c1.CC[N+](CC)(CC)CC. The Morgan fingerprint density at radius 1 is 0.702 bits per heavy atom. The van der Waals surface area contributed by atoms with Gasteiger partial charge in [-0.25, -0.2) is 21.4 Å². The van der Waals surface area contributed by atoms with Gasteiger partial charge in [0, 0.05) is 53.0 Å². The molecule has 0 spiro atoms. The fourth-order valence-electron chi connectivity index (χ4n) is 6.14. The fourth-order valence-corrected chi connectivity index (χ4v) is 7.42. The van der Waals surface area contributed by atoms with Crippen molar-refractivity contribution in [1.29, 1.82) is 0 Å². The molecule has 1 aliphatic heterocycles. The zero-order valence-corrected chi connectivity index (χ0v) is 30.5. The molecule has 0 radical (unpaired) electrons. The Kier molecular flexibility index (Phi) is 12.8. The summed E-state index contributed by atoms with van der Waals surface area (Å²) in [6.07, 6.45) is 0. The standard InChI is InChI=1S/C27H30N2O7S2.C8H20N/c1-5-28(6-2)18-9-12-21-24(15-18)36-25-16-19(29(7-3)8-4)10-13-22(25)27(21)23-14-11-20(37(30,31)32)17-26(23)38(33,34)35;1-5-9(6-2,7-3)8-4/h9-17H,5-8H2,1-4H3,(H-,30,31,32,33,34,35);5-8H2,1-4H3/q;+1/p-1. The van der Waals surface area contributed by atoms with Gasteiger partial charge >= 0.3 is 0 Å². The molecule has 0 bridgehead atoms. The molecular weight excluding hydrogens is 639 g/mol. The lowest BCUT2D eigenvalue weighted by Gasteiger charge is -2.34. The molecule has 12 heteroatoms. The number of quaternary nitrogens is 1. The third-order valence-electron chi connectivity index (χ3n) is 9.41. The van der Waals surface area contributed by atoms with Crippen LogP contribution in [0, 0.1) is 0 Å². The lowest BCUT2D eigenvalue weighted by Crippen LogP contribution is -2.47. The van der Waals surface area contributed by atoms with Crippen LogP contribution in [0.15, 0.2) is 68.8 Å². The first-order valence-corrected chi connectivity index (χ1v) is 19.2. The predicted octanol–water partition coefficient (Wildman–Crippen LogP) is 5.55. The summed E-state index contributed by atoms with van der Waals surface area (Å²) in [6, 6.07) is 13.9. The highest BCUT2D eigenvalue weighted by Crippen LogP contribution is 2.43. The molecule has 0 saturated heterocycles. The van der Waals surface area contributed by atoms with Crippen LogP contribution in [0.1, 0.15) is 55.4 Å². The minimum Gasteiger partial charge on any atom is -0.744 e. The normalized spacial score (nSPS) is 12.2. The maximum Gasteiger partial charge on any atom is 0.203 e. The first kappa shape index (κ1) is 38.2. The second-order valence-corrected chi connectivity index (χ2v) is 14.1. The van der Waals surface area contributed by atoms with E-state index in [1.54, 1.807) is 12.1 Å². The molecule has 1 heterocycles. The van der Waals surface area contributed by atoms with Crippen molar-refractivity contribution in [3.05, 3.63) is 60.0 Å². The summed E-state index contributed by atoms with van der Waals surface area (Å²) in [7, 11) is -10.2. The third kappa shape index (κ3) is 8.42. The molecule has 47 heavy (non-hydrogen) atoms. The predicted molar refractivity (Wildman–Crippen MR) is 187 cm³/mol. The molecule has 0 amide bonds. The van der Waals surface area contributed by atoms with Crippen molar-refractivity contribution in [3.8, 4) is 22.5 Å². The zero-order valence-electron chi connectivity index (χ0n) is 28.9. The lowest BCUT2D eigenvalue weighted by atomic mass is 9.93. The van der Waals surface area contributed by atoms with Crippen molar-refractivity contribution < 1.29 is 34.8 Å². The summed E-state index contributed by atoms with van der Waals surface area (Å²) in [4.78, 5) is 0.550. The smallest absolute Gasteiger partial charge is 0.203 e. The van der Waals surface area contributed by atoms with Crippen molar-refractivity contribution in [1.82, 2.24) is 4.58 Å². The topological polar surface area (TPSA) is 134 Å². The number of benzene rings is 3. The van der Waals surface area contributed by atoms with Crippen LogP contribution in [0.2, 0.25) is 0 Å². The Balaban J connectivity index is 0.000000584. The Morgan fingerprint density at radius 3 is 1.74 bits per heavy atom. The van der Waals surface area contributed by atoms with Crippen LogP contribution < -0.4 is 14.8 Å². The first-order chi connectivity index (χ1) is 22.2. The van der Waals surface area contributed by atoms with Gasteiger partial charge in [0.05, 0.1) is 42.0 Å². The van der Waals surface area contributed by atoms with Gasteiger partial charge in [0.15, 0.2) is 0 Å². The monoisotopic (exact) mass is 687 g/mol. The molecule has 2 aromatic rings. The molecule has 0 aromatic heterocycles. The molecular formula is C35H49N3O7S2. The summed E-state index contributed by atoms with van der Waals surface area (Å²) in [5.74, 6) is 0.461. The second-order valence-electron chi connectivity index (χ2n) is 11.4. The van der Waals surface area contributed by atoms with Gasteiger partial charge in [0.25, 0.3) is 0 Å². The van der Waals surface area contributed by atoms with E-state index in [-0.39, 0.29) is 5.56 Å². The number of hydrogen-bond donors (Lipinski definition) is 0. The summed E-state index contributed by atoms with van der Waals surface area (Å²) < 4.78 is 81.6. The zero-order chi connectivity index (χ0) is 35.2. The van der Waals surface area contributed by atoms with E-state index in [2.05, 4.69) is 37.2 Å². The van der Waals surface area contributed by atoms with Gasteiger partial charge in [-0.3, -0.25) is 0 Å². The van der Waals surface area contributed by atoms with E-state index in [4.69, 9.17) is 4.42 Å². The van der Waals surface area contributed by atoms with E-state index in [9.17, 15) is 25.9 Å². The van der Waals surface area contributed by atoms with E-state index in [0.29, 0.717) is 33.9 Å². The van der Waals surface area contributed by atoms with Crippen molar-refractivity contribution in [2.75, 3.05) is 57.3 Å². The quantitative estimate of drug-likeness (QED) is 0.0819. The van der Waals surface area contributed by atoms with Crippen LogP contribution in [0.25, 0.3) is 33.4 Å². The Morgan fingerprint density at radius 2 is 1.28 bits per heavy atom. The number of fused-ring (bicyclic) bond motifs is 2. The third-order valence-corrected chi connectivity index (χ3v) is 11.1. The molecule has 0 saturated carbocycles. The Labute approximate surface area is 280 Å². The molecule has 0 fully saturated rings. The van der Waals surface area contributed by atoms with Crippen LogP contribution in [0.4, 0.5) is 5.69 Å². The van der Waals surface area contributed by atoms with E-state index in [0.717, 1.165) is 43.3 Å². The molecule has 0 unspecified atom stereocenters. The van der Waals surface area contributed by atoms with Crippen LogP contribution in [0.3, 0.4) is 0 Å². The Hall–Kier alpha value is -3.29. The van der Waals surface area contributed by atoms with Gasteiger partial charge in [-0.1, -0.05) is 6.07 Å². The molecule has 0 atom stereocenters. The van der Waals surface area contributed by atoms with Gasteiger partial charge in [0.1, 0.15) is 44.7 Å². The van der Waals surface area contributed by atoms with Crippen molar-refractivity contribution >= 4 is 36.9 Å². The number of nitrogens with zero attached hydrogens (tertiary/aromatic N) is 3. The van der Waals surface area contributed by atoms with Crippen LogP contribution in [-0.4, -0.2) is 82.8 Å². The van der Waals surface area contributed by atoms with Gasteiger partial charge in [-0.05, 0) is 85.7 Å². The molecule has 2 aliphatic rings. The minimum absolute atomic E-state index is 0.00983. The average molecular weight is 688 g/mol. The maximum atomic E-state index is 12.3. The number of rotatable bonds is 12. The Bertz CT molecular complexity index is 1920. The number of anilines is 1. The fraction of sp³-hybridized carbons (Fsp3) is 0.457. The van der Waals surface area contributed by atoms with Crippen molar-refractivity contribution in [2.45, 2.75) is 65.2 Å². The summed E-state index contributed by atoms with van der Waals surface area (Å²) in [6.45, 7) is 25.4. The van der Waals surface area contributed by atoms with E-state index in [1.807, 2.05) is 52.0 Å². The lowest BCUT2D eigenvalue weighted by molar-refractivity contribution is -0.921. The molecule has 0 N–H and O–H groups in total. The minimum atomic E-state index is -5.16. The molecule has 258 valence electrons. The van der Waals surface area contributed by atoms with Crippen LogP contribution in [-0.2, 0) is 20.2 Å². The number of hydrogen-bond acceptors (Lipinski definition) is 8. The summed E-state index contributed by atoms with van der Waals surface area (Å²) in [5.41, 5.74) is 2.28. The largest absolute Gasteiger partial charge is 0.744 e. The molecule has 2 aromatic carbocycles. The van der Waals surface area contributed by atoms with E-state index in [1.165, 1.54) is 36.7 Å². The van der Waals surface area contributed by atoms with Crippen molar-refractivity contribution in [3.63, 3.8) is 0 Å². The summed E-state index contributed by atoms with van der Waals surface area (Å²) in [5, 5.41) is 1.44. The van der Waals surface area contributed by atoms with Gasteiger partial charge < -0.3 is 22.9 Å². The van der Waals surface area contributed by atoms with Crippen LogP contribution in [0.5, 0.6) is 0 Å². The highest BCUT2D eigenvalue weighted by atomic mass is 32.2. The van der Waals surface area contributed by atoms with Gasteiger partial charge in [0.2, 0.25) is 5.36 Å². The molecule has 1 aliphatic carbocycles. The van der Waals surface area contributed by atoms with Gasteiger partial charge in [-0.2, -0.15) is 0 Å². The maximum absolute atomic E-state index is 12.3. The second kappa shape index (κ2) is 15.7. The van der Waals surface area contributed by atoms with E-state index < -0.39 is 30.0 Å². The van der Waals surface area contributed by atoms with Gasteiger partial charge in [-0.15, -0.1) is 0 Å². The summed E-state index contributed by atoms with van der Waals surface area (Å²) >= 11 is 0. The first-order valence-electron chi connectivity index (χ1n) is 16.4. The molecule has 10 nitrogen and oxygen atoms in total. The highest BCUT2D eigenvalue weighted by molar-refractivity contribution is 7.86. The molecule has 4 rings (SSSR count). The highest BCUT2D eigenvalue weighted by Gasteiger charge is 2.24. The van der Waals surface area contributed by atoms with Crippen molar-refractivity contribution in [2.24, 2.45) is 0 Å². The van der Waals surface area contributed by atoms with Crippen LogP contribution >= 0.6 is 0 Å². The average Bonchev–Trinajstić information content (AvgIpc) is 3.05.